The van der Waals surface area contributed by atoms with Gasteiger partial charge in [0.1, 0.15) is 0 Å². The molecular formula is C12H16ClN3OS. The Morgan fingerprint density at radius 1 is 1.50 bits per heavy atom. The van der Waals surface area contributed by atoms with Gasteiger partial charge in [0.05, 0.1) is 4.99 Å². The van der Waals surface area contributed by atoms with Gasteiger partial charge in [0.15, 0.2) is 0 Å². The van der Waals surface area contributed by atoms with Crippen LogP contribution in [0.1, 0.15) is 18.4 Å². The van der Waals surface area contributed by atoms with E-state index >= 15 is 0 Å². The third kappa shape index (κ3) is 5.33. The minimum Gasteiger partial charge on any atom is -0.393 e. The number of rotatable bonds is 5. The zero-order valence-electron chi connectivity index (χ0n) is 10.1. The average molecular weight is 286 g/mol. The second kappa shape index (κ2) is 7.18. The van der Waals surface area contributed by atoms with E-state index in [1.54, 1.807) is 12.1 Å². The van der Waals surface area contributed by atoms with Crippen LogP contribution >= 0.6 is 23.8 Å². The fraction of sp³-hybridized carbons (Fsp3) is 0.333. The zero-order valence-corrected chi connectivity index (χ0v) is 11.7. The number of benzene rings is 1. The highest BCUT2D eigenvalue weighted by Gasteiger charge is 2.02. The summed E-state index contributed by atoms with van der Waals surface area (Å²) in [6, 6.07) is 5.10. The van der Waals surface area contributed by atoms with Crippen LogP contribution in [0.2, 0.25) is 5.02 Å². The number of amides is 2. The number of halogens is 1. The van der Waals surface area contributed by atoms with Crippen molar-refractivity contribution in [3.63, 3.8) is 0 Å². The molecule has 0 radical (unpaired) electrons. The van der Waals surface area contributed by atoms with E-state index < -0.39 is 0 Å². The Balaban J connectivity index is 2.35. The van der Waals surface area contributed by atoms with E-state index in [1.165, 1.54) is 0 Å². The van der Waals surface area contributed by atoms with E-state index in [1.807, 2.05) is 13.0 Å². The number of aryl methyl sites for hydroxylation is 1. The quantitative estimate of drug-likeness (QED) is 0.576. The first kappa shape index (κ1) is 14.7. The summed E-state index contributed by atoms with van der Waals surface area (Å²) >= 11 is 10.7. The summed E-state index contributed by atoms with van der Waals surface area (Å²) in [5, 5.41) is 6.04. The molecule has 0 aliphatic heterocycles. The van der Waals surface area contributed by atoms with Crippen LogP contribution in [-0.2, 0) is 0 Å². The van der Waals surface area contributed by atoms with Crippen molar-refractivity contribution in [3.8, 4) is 0 Å². The molecule has 4 N–H and O–H groups in total. The van der Waals surface area contributed by atoms with Crippen molar-refractivity contribution >= 4 is 40.5 Å². The first-order chi connectivity index (χ1) is 8.49. The summed E-state index contributed by atoms with van der Waals surface area (Å²) in [7, 11) is 0. The summed E-state index contributed by atoms with van der Waals surface area (Å²) in [5.41, 5.74) is 6.99. The molecule has 0 aliphatic carbocycles. The Hall–Kier alpha value is -1.33. The molecule has 4 nitrogen and oxygen atoms in total. The van der Waals surface area contributed by atoms with E-state index in [0.717, 1.165) is 12.0 Å². The zero-order chi connectivity index (χ0) is 13.5. The molecule has 0 saturated heterocycles. The van der Waals surface area contributed by atoms with Gasteiger partial charge >= 0.3 is 6.03 Å². The first-order valence-electron chi connectivity index (χ1n) is 5.58. The number of urea groups is 1. The van der Waals surface area contributed by atoms with Crippen LogP contribution in [0.5, 0.6) is 0 Å². The van der Waals surface area contributed by atoms with Gasteiger partial charge in [-0.3, -0.25) is 0 Å². The smallest absolute Gasteiger partial charge is 0.319 e. The largest absolute Gasteiger partial charge is 0.393 e. The number of anilines is 1. The molecule has 2 amide bonds. The fourth-order valence-electron chi connectivity index (χ4n) is 1.31. The Labute approximate surface area is 117 Å². The Morgan fingerprint density at radius 2 is 2.22 bits per heavy atom. The molecule has 18 heavy (non-hydrogen) atoms. The van der Waals surface area contributed by atoms with Crippen molar-refractivity contribution in [2.24, 2.45) is 5.73 Å². The van der Waals surface area contributed by atoms with Crippen molar-refractivity contribution in [2.75, 3.05) is 11.9 Å². The summed E-state index contributed by atoms with van der Waals surface area (Å²) in [6.07, 6.45) is 1.36. The summed E-state index contributed by atoms with van der Waals surface area (Å²) in [6.45, 7) is 2.44. The van der Waals surface area contributed by atoms with Gasteiger partial charge in [-0.2, -0.15) is 0 Å². The molecular weight excluding hydrogens is 270 g/mol. The maximum atomic E-state index is 11.5. The monoisotopic (exact) mass is 285 g/mol. The summed E-state index contributed by atoms with van der Waals surface area (Å²) in [4.78, 5) is 12.0. The number of carbonyl (C=O) groups is 1. The Morgan fingerprint density at radius 3 is 2.83 bits per heavy atom. The lowest BCUT2D eigenvalue weighted by Crippen LogP contribution is -2.30. The van der Waals surface area contributed by atoms with Crippen molar-refractivity contribution < 1.29 is 4.79 Å². The third-order valence-electron chi connectivity index (χ3n) is 2.32. The van der Waals surface area contributed by atoms with E-state index in [9.17, 15) is 4.79 Å². The van der Waals surface area contributed by atoms with Crippen LogP contribution in [0.25, 0.3) is 0 Å². The number of thiocarbonyl (C=S) groups is 1. The number of nitrogens with one attached hydrogen (secondary N) is 2. The van der Waals surface area contributed by atoms with Gasteiger partial charge in [-0.1, -0.05) is 29.9 Å². The van der Waals surface area contributed by atoms with Gasteiger partial charge in [0, 0.05) is 17.3 Å². The van der Waals surface area contributed by atoms with E-state index in [2.05, 4.69) is 10.6 Å². The number of carbonyl (C=O) groups excluding carboxylic acids is 1. The molecule has 98 valence electrons. The molecule has 0 fully saturated rings. The molecule has 0 bridgehead atoms. The van der Waals surface area contributed by atoms with E-state index in [-0.39, 0.29) is 6.03 Å². The molecule has 1 aromatic carbocycles. The molecule has 1 aromatic rings. The number of hydrogen-bond donors (Lipinski definition) is 3. The van der Waals surface area contributed by atoms with Crippen LogP contribution < -0.4 is 16.4 Å². The SMILES string of the molecule is Cc1ccc(NC(=O)NCCCC(N)=S)cc1Cl. The molecule has 0 aliphatic rings. The van der Waals surface area contributed by atoms with Crippen molar-refractivity contribution in [3.05, 3.63) is 28.8 Å². The van der Waals surface area contributed by atoms with E-state index in [4.69, 9.17) is 29.6 Å². The second-order valence-corrected chi connectivity index (χ2v) is 4.85. The summed E-state index contributed by atoms with van der Waals surface area (Å²) < 4.78 is 0. The van der Waals surface area contributed by atoms with Gasteiger partial charge in [0.2, 0.25) is 0 Å². The Kier molecular flexibility index (Phi) is 5.88. The highest BCUT2D eigenvalue weighted by molar-refractivity contribution is 7.80. The molecule has 0 heterocycles. The van der Waals surface area contributed by atoms with Gasteiger partial charge in [-0.05, 0) is 37.5 Å². The highest BCUT2D eigenvalue weighted by atomic mass is 35.5. The minimum atomic E-state index is -0.266. The maximum Gasteiger partial charge on any atom is 0.319 e. The van der Waals surface area contributed by atoms with Crippen molar-refractivity contribution in [2.45, 2.75) is 19.8 Å². The lowest BCUT2D eigenvalue weighted by Gasteiger charge is -2.08. The van der Waals surface area contributed by atoms with Crippen LogP contribution in [0.3, 0.4) is 0 Å². The first-order valence-corrected chi connectivity index (χ1v) is 6.37. The molecule has 0 unspecified atom stereocenters. The molecule has 1 rings (SSSR count). The van der Waals surface area contributed by atoms with Crippen LogP contribution in [0.15, 0.2) is 18.2 Å². The highest BCUT2D eigenvalue weighted by Crippen LogP contribution is 2.19. The predicted molar refractivity (Wildman–Crippen MR) is 79.2 cm³/mol. The lowest BCUT2D eigenvalue weighted by atomic mass is 10.2. The van der Waals surface area contributed by atoms with Crippen LogP contribution in [0.4, 0.5) is 10.5 Å². The number of hydrogen-bond acceptors (Lipinski definition) is 2. The van der Waals surface area contributed by atoms with Crippen molar-refractivity contribution in [1.29, 1.82) is 0 Å². The molecule has 0 spiro atoms. The number of nitrogens with two attached hydrogens (primary N) is 1. The van der Waals surface area contributed by atoms with Gasteiger partial charge in [-0.15, -0.1) is 0 Å². The Bertz CT molecular complexity index is 451. The topological polar surface area (TPSA) is 67.2 Å². The standard InChI is InChI=1S/C12H16ClN3OS/c1-8-4-5-9(7-10(8)13)16-12(17)15-6-2-3-11(14)18/h4-5,7H,2-3,6H2,1H3,(H2,14,18)(H2,15,16,17). The molecule has 0 atom stereocenters. The van der Waals surface area contributed by atoms with Gasteiger partial charge in [-0.25, -0.2) is 4.79 Å². The van der Waals surface area contributed by atoms with Crippen LogP contribution in [0, 0.1) is 6.92 Å². The normalized spacial score (nSPS) is 9.89. The second-order valence-electron chi connectivity index (χ2n) is 3.91. The van der Waals surface area contributed by atoms with Crippen molar-refractivity contribution in [1.82, 2.24) is 5.32 Å². The molecule has 0 aromatic heterocycles. The van der Waals surface area contributed by atoms with Crippen LogP contribution in [-0.4, -0.2) is 17.6 Å². The average Bonchev–Trinajstić information content (AvgIpc) is 2.29. The van der Waals surface area contributed by atoms with Gasteiger partial charge < -0.3 is 16.4 Å². The molecule has 6 heteroatoms. The fourth-order valence-corrected chi connectivity index (χ4v) is 1.64. The predicted octanol–water partition coefficient (Wildman–Crippen LogP) is 2.84. The maximum absolute atomic E-state index is 11.5. The molecule has 0 saturated carbocycles. The third-order valence-corrected chi connectivity index (χ3v) is 2.93. The minimum absolute atomic E-state index is 0.266. The summed E-state index contributed by atoms with van der Waals surface area (Å²) in [5.74, 6) is 0. The lowest BCUT2D eigenvalue weighted by molar-refractivity contribution is 0.252. The van der Waals surface area contributed by atoms with E-state index in [0.29, 0.717) is 28.7 Å². The van der Waals surface area contributed by atoms with Gasteiger partial charge in [0.25, 0.3) is 0 Å².